The van der Waals surface area contributed by atoms with Crippen molar-refractivity contribution in [3.63, 3.8) is 0 Å². The van der Waals surface area contributed by atoms with Crippen molar-refractivity contribution < 1.29 is 18.0 Å². The minimum Gasteiger partial charge on any atom is -0.322 e. The van der Waals surface area contributed by atoms with Crippen LogP contribution in [0.25, 0.3) is 5.82 Å². The van der Waals surface area contributed by atoms with E-state index in [1.165, 1.54) is 18.3 Å². The maximum atomic E-state index is 12.5. The van der Waals surface area contributed by atoms with Crippen molar-refractivity contribution in [1.29, 1.82) is 0 Å². The third-order valence-corrected chi connectivity index (χ3v) is 3.25. The zero-order valence-electron chi connectivity index (χ0n) is 12.2. The second-order valence-electron chi connectivity index (χ2n) is 4.90. The lowest BCUT2D eigenvalue weighted by atomic mass is 10.2. The molecule has 0 bridgehead atoms. The standard InChI is InChI=1S/C16H11F3N4O/c17-16(18,19)12-2-4-13(5-3-12)22-15(24)11-1-6-14(21-9-11)23-8-7-20-10-23/h1-10H,(H,22,24). The third-order valence-electron chi connectivity index (χ3n) is 3.25. The molecule has 3 aromatic rings. The van der Waals surface area contributed by atoms with E-state index in [-0.39, 0.29) is 5.69 Å². The number of carbonyl (C=O) groups excluding carboxylic acids is 1. The number of nitrogens with one attached hydrogen (secondary N) is 1. The molecule has 1 amide bonds. The molecule has 0 saturated carbocycles. The van der Waals surface area contributed by atoms with Gasteiger partial charge in [0.05, 0.1) is 11.1 Å². The molecule has 1 N–H and O–H groups in total. The number of carbonyl (C=O) groups is 1. The summed E-state index contributed by atoms with van der Waals surface area (Å²) in [4.78, 5) is 20.1. The number of amides is 1. The zero-order valence-corrected chi connectivity index (χ0v) is 12.2. The topological polar surface area (TPSA) is 59.8 Å². The predicted octanol–water partition coefficient (Wildman–Crippen LogP) is 3.54. The molecule has 0 spiro atoms. The largest absolute Gasteiger partial charge is 0.416 e. The van der Waals surface area contributed by atoms with Gasteiger partial charge in [-0.05, 0) is 36.4 Å². The number of halogens is 3. The normalized spacial score (nSPS) is 11.3. The van der Waals surface area contributed by atoms with Gasteiger partial charge in [0, 0.05) is 24.3 Å². The van der Waals surface area contributed by atoms with E-state index in [9.17, 15) is 18.0 Å². The summed E-state index contributed by atoms with van der Waals surface area (Å²) in [6.07, 6.45) is 1.87. The van der Waals surface area contributed by atoms with Gasteiger partial charge in [-0.3, -0.25) is 9.36 Å². The molecule has 2 aromatic heterocycles. The number of benzene rings is 1. The molecular formula is C16H11F3N4O. The van der Waals surface area contributed by atoms with Gasteiger partial charge < -0.3 is 5.32 Å². The van der Waals surface area contributed by atoms with Gasteiger partial charge in [0.2, 0.25) is 0 Å². The van der Waals surface area contributed by atoms with Gasteiger partial charge in [0.1, 0.15) is 12.1 Å². The summed E-state index contributed by atoms with van der Waals surface area (Å²) in [7, 11) is 0. The first-order valence-corrected chi connectivity index (χ1v) is 6.86. The summed E-state index contributed by atoms with van der Waals surface area (Å²) in [5.74, 6) is 0.137. The van der Waals surface area contributed by atoms with Crippen molar-refractivity contribution in [3.05, 3.63) is 72.4 Å². The van der Waals surface area contributed by atoms with Crippen LogP contribution in [-0.2, 0) is 6.18 Å². The Hall–Kier alpha value is -3.16. The number of hydrogen-bond acceptors (Lipinski definition) is 3. The highest BCUT2D eigenvalue weighted by Crippen LogP contribution is 2.29. The van der Waals surface area contributed by atoms with Crippen LogP contribution in [0.2, 0.25) is 0 Å². The van der Waals surface area contributed by atoms with Crippen LogP contribution in [0.5, 0.6) is 0 Å². The molecule has 8 heteroatoms. The monoisotopic (exact) mass is 332 g/mol. The average Bonchev–Trinajstić information content (AvgIpc) is 3.09. The van der Waals surface area contributed by atoms with Crippen LogP contribution in [-0.4, -0.2) is 20.4 Å². The van der Waals surface area contributed by atoms with E-state index in [1.54, 1.807) is 35.4 Å². The summed E-state index contributed by atoms with van der Waals surface area (Å²) < 4.78 is 39.2. The Morgan fingerprint density at radius 3 is 2.38 bits per heavy atom. The summed E-state index contributed by atoms with van der Waals surface area (Å²) in [5, 5.41) is 2.53. The highest BCUT2D eigenvalue weighted by molar-refractivity contribution is 6.04. The van der Waals surface area contributed by atoms with Gasteiger partial charge in [0.15, 0.2) is 0 Å². The van der Waals surface area contributed by atoms with Crippen LogP contribution in [0.4, 0.5) is 18.9 Å². The molecule has 0 radical (unpaired) electrons. The number of pyridine rings is 1. The highest BCUT2D eigenvalue weighted by atomic mass is 19.4. The van der Waals surface area contributed by atoms with Crippen molar-refractivity contribution in [2.45, 2.75) is 6.18 Å². The Morgan fingerprint density at radius 2 is 1.83 bits per heavy atom. The van der Waals surface area contributed by atoms with Gasteiger partial charge in [-0.15, -0.1) is 0 Å². The van der Waals surface area contributed by atoms with Crippen LogP contribution in [0.3, 0.4) is 0 Å². The molecule has 0 aliphatic rings. The van der Waals surface area contributed by atoms with Gasteiger partial charge in [0.25, 0.3) is 5.91 Å². The molecule has 122 valence electrons. The molecule has 0 aliphatic heterocycles. The molecule has 0 aliphatic carbocycles. The first-order chi connectivity index (χ1) is 11.4. The number of anilines is 1. The van der Waals surface area contributed by atoms with E-state index in [4.69, 9.17) is 0 Å². The molecule has 24 heavy (non-hydrogen) atoms. The maximum absolute atomic E-state index is 12.5. The summed E-state index contributed by atoms with van der Waals surface area (Å²) in [6, 6.07) is 7.44. The van der Waals surface area contributed by atoms with Crippen molar-refractivity contribution in [3.8, 4) is 5.82 Å². The molecule has 1 aromatic carbocycles. The minimum atomic E-state index is -4.41. The Morgan fingerprint density at radius 1 is 1.08 bits per heavy atom. The molecule has 0 fully saturated rings. The van der Waals surface area contributed by atoms with E-state index >= 15 is 0 Å². The Bertz CT molecular complexity index is 825. The van der Waals surface area contributed by atoms with Crippen molar-refractivity contribution in [1.82, 2.24) is 14.5 Å². The lowest BCUT2D eigenvalue weighted by molar-refractivity contribution is -0.137. The van der Waals surface area contributed by atoms with Gasteiger partial charge in [-0.1, -0.05) is 0 Å². The van der Waals surface area contributed by atoms with Gasteiger partial charge >= 0.3 is 6.18 Å². The van der Waals surface area contributed by atoms with Gasteiger partial charge in [-0.2, -0.15) is 13.2 Å². The van der Waals surface area contributed by atoms with E-state index in [1.807, 2.05) is 0 Å². The molecule has 3 rings (SSSR count). The van der Waals surface area contributed by atoms with Crippen molar-refractivity contribution in [2.75, 3.05) is 5.32 Å². The number of hydrogen-bond donors (Lipinski definition) is 1. The molecule has 5 nitrogen and oxygen atoms in total. The second-order valence-corrected chi connectivity index (χ2v) is 4.90. The van der Waals surface area contributed by atoms with E-state index in [0.29, 0.717) is 11.4 Å². The second kappa shape index (κ2) is 6.15. The number of imidazole rings is 1. The summed E-state index contributed by atoms with van der Waals surface area (Å²) in [6.45, 7) is 0. The number of rotatable bonds is 3. The fourth-order valence-corrected chi connectivity index (χ4v) is 2.01. The zero-order chi connectivity index (χ0) is 17.2. The molecule has 2 heterocycles. The van der Waals surface area contributed by atoms with Crippen molar-refractivity contribution >= 4 is 11.6 Å². The number of nitrogens with zero attached hydrogens (tertiary/aromatic N) is 3. The summed E-state index contributed by atoms with van der Waals surface area (Å²) in [5.41, 5.74) is -0.211. The Kier molecular flexibility index (Phi) is 4.03. The fourth-order valence-electron chi connectivity index (χ4n) is 2.01. The Labute approximate surface area is 134 Å². The van der Waals surface area contributed by atoms with Gasteiger partial charge in [-0.25, -0.2) is 9.97 Å². The smallest absolute Gasteiger partial charge is 0.322 e. The SMILES string of the molecule is O=C(Nc1ccc(C(F)(F)F)cc1)c1ccc(-n2ccnc2)nc1. The predicted molar refractivity (Wildman–Crippen MR) is 80.8 cm³/mol. The highest BCUT2D eigenvalue weighted by Gasteiger charge is 2.29. The Balaban J connectivity index is 1.71. The molecule has 0 atom stereocenters. The van der Waals surface area contributed by atoms with E-state index < -0.39 is 17.6 Å². The number of alkyl halides is 3. The third kappa shape index (κ3) is 3.43. The minimum absolute atomic E-state index is 0.270. The lowest BCUT2D eigenvalue weighted by Crippen LogP contribution is -2.13. The summed E-state index contributed by atoms with van der Waals surface area (Å²) >= 11 is 0. The first-order valence-electron chi connectivity index (χ1n) is 6.86. The fraction of sp³-hybridized carbons (Fsp3) is 0.0625. The quantitative estimate of drug-likeness (QED) is 0.798. The van der Waals surface area contributed by atoms with E-state index in [0.717, 1.165) is 12.1 Å². The molecular weight excluding hydrogens is 321 g/mol. The van der Waals surface area contributed by atoms with Crippen LogP contribution in [0.15, 0.2) is 61.3 Å². The van der Waals surface area contributed by atoms with Crippen LogP contribution < -0.4 is 5.32 Å². The number of aromatic nitrogens is 3. The molecule has 0 saturated heterocycles. The lowest BCUT2D eigenvalue weighted by Gasteiger charge is -2.09. The maximum Gasteiger partial charge on any atom is 0.416 e. The first kappa shape index (κ1) is 15.7. The van der Waals surface area contributed by atoms with Crippen molar-refractivity contribution in [2.24, 2.45) is 0 Å². The average molecular weight is 332 g/mol. The van der Waals surface area contributed by atoms with E-state index in [2.05, 4.69) is 15.3 Å². The molecule has 0 unspecified atom stereocenters. The van der Waals surface area contributed by atoms with Crippen LogP contribution in [0.1, 0.15) is 15.9 Å². The van der Waals surface area contributed by atoms with Crippen LogP contribution >= 0.6 is 0 Å². The van der Waals surface area contributed by atoms with Crippen LogP contribution in [0, 0.1) is 0 Å².